The molecule has 1 atom stereocenters. The predicted molar refractivity (Wildman–Crippen MR) is 79.9 cm³/mol. The number of ether oxygens (including phenoxy) is 1. The van der Waals surface area contributed by atoms with Crippen molar-refractivity contribution >= 4 is 11.6 Å². The van der Waals surface area contributed by atoms with Crippen molar-refractivity contribution < 1.29 is 13.9 Å². The number of hydrogen-bond donors (Lipinski definition) is 2. The highest BCUT2D eigenvalue weighted by Crippen LogP contribution is 2.24. The highest BCUT2D eigenvalue weighted by molar-refractivity contribution is 5.93. The third-order valence-electron chi connectivity index (χ3n) is 3.23. The van der Waals surface area contributed by atoms with Crippen molar-refractivity contribution in [2.24, 2.45) is 5.73 Å². The van der Waals surface area contributed by atoms with Gasteiger partial charge in [0.15, 0.2) is 0 Å². The highest BCUT2D eigenvalue weighted by atomic mass is 19.1. The summed E-state index contributed by atoms with van der Waals surface area (Å²) in [6.45, 7) is 1.85. The van der Waals surface area contributed by atoms with E-state index in [-0.39, 0.29) is 11.9 Å². The van der Waals surface area contributed by atoms with Gasteiger partial charge in [-0.05, 0) is 37.3 Å². The van der Waals surface area contributed by atoms with Gasteiger partial charge in [-0.1, -0.05) is 6.07 Å². The number of methoxy groups -OCH3 is 1. The molecule has 0 fully saturated rings. The van der Waals surface area contributed by atoms with Crippen LogP contribution >= 0.6 is 0 Å². The minimum absolute atomic E-state index is 0.227. The van der Waals surface area contributed by atoms with E-state index in [1.54, 1.807) is 36.4 Å². The van der Waals surface area contributed by atoms with Crippen LogP contribution in [0.2, 0.25) is 0 Å². The lowest BCUT2D eigenvalue weighted by atomic mass is 10.1. The number of nitrogens with one attached hydrogen (secondary N) is 1. The first-order valence-electron chi connectivity index (χ1n) is 6.51. The van der Waals surface area contributed by atoms with E-state index < -0.39 is 5.91 Å². The fraction of sp³-hybridized carbons (Fsp3) is 0.188. The zero-order valence-electron chi connectivity index (χ0n) is 11.9. The van der Waals surface area contributed by atoms with Crippen LogP contribution in [0.15, 0.2) is 42.5 Å². The molecule has 3 N–H and O–H groups in total. The molecule has 2 rings (SSSR count). The van der Waals surface area contributed by atoms with Crippen LogP contribution in [0.1, 0.15) is 28.9 Å². The van der Waals surface area contributed by atoms with Crippen LogP contribution in [-0.2, 0) is 0 Å². The van der Waals surface area contributed by atoms with E-state index in [1.807, 2.05) is 6.92 Å². The van der Waals surface area contributed by atoms with E-state index in [2.05, 4.69) is 5.32 Å². The summed E-state index contributed by atoms with van der Waals surface area (Å²) in [6, 6.07) is 11.2. The first-order valence-corrected chi connectivity index (χ1v) is 6.51. The number of benzene rings is 2. The van der Waals surface area contributed by atoms with Gasteiger partial charge in [0, 0.05) is 22.9 Å². The molecular weight excluding hydrogens is 271 g/mol. The molecular formula is C16H17FN2O2. The number of primary amides is 1. The van der Waals surface area contributed by atoms with Crippen molar-refractivity contribution in [1.82, 2.24) is 0 Å². The second kappa shape index (κ2) is 6.26. The Morgan fingerprint density at radius 2 is 1.90 bits per heavy atom. The molecule has 0 aliphatic rings. The fourth-order valence-electron chi connectivity index (χ4n) is 2.04. The van der Waals surface area contributed by atoms with Crippen LogP contribution in [0.5, 0.6) is 5.75 Å². The molecule has 2 aromatic carbocycles. The second-order valence-corrected chi connectivity index (χ2v) is 4.70. The average molecular weight is 288 g/mol. The van der Waals surface area contributed by atoms with Crippen LogP contribution in [0, 0.1) is 5.82 Å². The number of halogens is 1. The van der Waals surface area contributed by atoms with Crippen LogP contribution in [0.25, 0.3) is 0 Å². The summed E-state index contributed by atoms with van der Waals surface area (Å²) in [6.07, 6.45) is 0. The van der Waals surface area contributed by atoms with E-state index in [4.69, 9.17) is 10.5 Å². The topological polar surface area (TPSA) is 64.3 Å². The van der Waals surface area contributed by atoms with E-state index >= 15 is 0 Å². The van der Waals surface area contributed by atoms with Crippen molar-refractivity contribution in [3.63, 3.8) is 0 Å². The molecule has 1 amide bonds. The van der Waals surface area contributed by atoms with Gasteiger partial charge in [0.05, 0.1) is 13.2 Å². The monoisotopic (exact) mass is 288 g/mol. The molecule has 0 aliphatic heterocycles. The molecule has 5 heteroatoms. The van der Waals surface area contributed by atoms with Gasteiger partial charge in [-0.2, -0.15) is 0 Å². The smallest absolute Gasteiger partial charge is 0.248 e. The lowest BCUT2D eigenvalue weighted by Crippen LogP contribution is -2.11. The molecule has 0 spiro atoms. The Bertz CT molecular complexity index is 641. The molecule has 4 nitrogen and oxygen atoms in total. The van der Waals surface area contributed by atoms with Crippen LogP contribution in [0.3, 0.4) is 0 Å². The number of hydrogen-bond acceptors (Lipinski definition) is 3. The second-order valence-electron chi connectivity index (χ2n) is 4.70. The van der Waals surface area contributed by atoms with Gasteiger partial charge in [0.25, 0.3) is 0 Å². The summed E-state index contributed by atoms with van der Waals surface area (Å²) < 4.78 is 19.0. The molecule has 110 valence electrons. The largest absolute Gasteiger partial charge is 0.497 e. The van der Waals surface area contributed by atoms with Gasteiger partial charge in [-0.15, -0.1) is 0 Å². The average Bonchev–Trinajstić information content (AvgIpc) is 2.47. The number of carbonyl (C=O) groups excluding carboxylic acids is 1. The molecule has 21 heavy (non-hydrogen) atoms. The van der Waals surface area contributed by atoms with E-state index in [1.165, 1.54) is 13.2 Å². The minimum atomic E-state index is -0.476. The maximum atomic E-state index is 14.0. The van der Waals surface area contributed by atoms with Crippen LogP contribution in [-0.4, -0.2) is 13.0 Å². The quantitative estimate of drug-likeness (QED) is 0.888. The third kappa shape index (κ3) is 3.51. The van der Waals surface area contributed by atoms with Gasteiger partial charge in [-0.25, -0.2) is 4.39 Å². The Hall–Kier alpha value is -2.56. The van der Waals surface area contributed by atoms with Crippen molar-refractivity contribution in [3.05, 3.63) is 59.4 Å². The number of amides is 1. The maximum Gasteiger partial charge on any atom is 0.248 e. The van der Waals surface area contributed by atoms with Crippen molar-refractivity contribution in [1.29, 1.82) is 0 Å². The first kappa shape index (κ1) is 14.8. The van der Waals surface area contributed by atoms with E-state index in [9.17, 15) is 9.18 Å². The molecule has 0 saturated heterocycles. The maximum absolute atomic E-state index is 14.0. The lowest BCUT2D eigenvalue weighted by molar-refractivity contribution is 0.100. The van der Waals surface area contributed by atoms with E-state index in [0.29, 0.717) is 16.9 Å². The molecule has 0 aromatic heterocycles. The number of anilines is 1. The predicted octanol–water partition coefficient (Wildman–Crippen LogP) is 3.11. The highest BCUT2D eigenvalue weighted by Gasteiger charge is 2.12. The van der Waals surface area contributed by atoms with Gasteiger partial charge >= 0.3 is 0 Å². The SMILES string of the molecule is COc1ccc(C(C)Nc2ccc(C(N)=O)cc2)c(F)c1. The van der Waals surface area contributed by atoms with Gasteiger partial charge in [0.1, 0.15) is 11.6 Å². The Morgan fingerprint density at radius 3 is 2.43 bits per heavy atom. The summed E-state index contributed by atoms with van der Waals surface area (Å²) in [7, 11) is 1.50. The number of nitrogens with two attached hydrogens (primary N) is 1. The molecule has 0 radical (unpaired) electrons. The van der Waals surface area contributed by atoms with Crippen molar-refractivity contribution in [2.45, 2.75) is 13.0 Å². The molecule has 0 heterocycles. The third-order valence-corrected chi connectivity index (χ3v) is 3.23. The van der Waals surface area contributed by atoms with Gasteiger partial charge in [-0.3, -0.25) is 4.79 Å². The Morgan fingerprint density at radius 1 is 1.24 bits per heavy atom. The summed E-state index contributed by atoms with van der Waals surface area (Å²) in [5.41, 5.74) is 6.93. The minimum Gasteiger partial charge on any atom is -0.497 e. The number of rotatable bonds is 5. The van der Waals surface area contributed by atoms with Crippen LogP contribution < -0.4 is 15.8 Å². The van der Waals surface area contributed by atoms with Gasteiger partial charge < -0.3 is 15.8 Å². The van der Waals surface area contributed by atoms with Crippen LogP contribution in [0.4, 0.5) is 10.1 Å². The summed E-state index contributed by atoms with van der Waals surface area (Å²) in [5.74, 6) is -0.326. The summed E-state index contributed by atoms with van der Waals surface area (Å²) >= 11 is 0. The molecule has 1 unspecified atom stereocenters. The molecule has 2 aromatic rings. The van der Waals surface area contributed by atoms with Crippen molar-refractivity contribution in [2.75, 3.05) is 12.4 Å². The lowest BCUT2D eigenvalue weighted by Gasteiger charge is -2.17. The first-order chi connectivity index (χ1) is 10.0. The Labute approximate surface area is 122 Å². The normalized spacial score (nSPS) is 11.8. The number of carbonyl (C=O) groups is 1. The molecule has 0 aliphatic carbocycles. The standard InChI is InChI=1S/C16H17FN2O2/c1-10(14-8-7-13(21-2)9-15(14)17)19-12-5-3-11(4-6-12)16(18)20/h3-10,19H,1-2H3,(H2,18,20). The Balaban J connectivity index is 2.13. The Kier molecular flexibility index (Phi) is 4.42. The summed E-state index contributed by atoms with van der Waals surface area (Å²) in [4.78, 5) is 11.0. The zero-order valence-corrected chi connectivity index (χ0v) is 11.9. The molecule has 0 saturated carbocycles. The van der Waals surface area contributed by atoms with E-state index in [0.717, 1.165) is 5.69 Å². The zero-order chi connectivity index (χ0) is 15.4. The summed E-state index contributed by atoms with van der Waals surface area (Å²) in [5, 5.41) is 3.17. The van der Waals surface area contributed by atoms with Crippen molar-refractivity contribution in [3.8, 4) is 5.75 Å². The molecule has 0 bridgehead atoms. The fourth-order valence-corrected chi connectivity index (χ4v) is 2.04. The van der Waals surface area contributed by atoms with Gasteiger partial charge in [0.2, 0.25) is 5.91 Å².